The Morgan fingerprint density at radius 3 is 2.13 bits per heavy atom. The Labute approximate surface area is 254 Å². The smallest absolute Gasteiger partial charge is 0.416 e. The molecule has 1 aliphatic rings. The third-order valence-corrected chi connectivity index (χ3v) is 6.99. The van der Waals surface area contributed by atoms with E-state index >= 15 is 0 Å². The Hall–Kier alpha value is -4.18. The van der Waals surface area contributed by atoms with Crippen molar-refractivity contribution in [2.75, 3.05) is 56.1 Å². The molecule has 4 rings (SSSR count). The lowest BCUT2D eigenvalue weighted by Gasteiger charge is -2.34. The van der Waals surface area contributed by atoms with E-state index in [4.69, 9.17) is 4.74 Å². The third kappa shape index (κ3) is 9.41. The van der Waals surface area contributed by atoms with Crippen molar-refractivity contribution >= 4 is 23.5 Å². The van der Waals surface area contributed by atoms with Gasteiger partial charge in [-0.2, -0.15) is 31.3 Å². The Bertz CT molecular complexity index is 1430. The second-order valence-corrected chi connectivity index (χ2v) is 10.3. The van der Waals surface area contributed by atoms with Gasteiger partial charge in [-0.05, 0) is 54.9 Å². The first-order chi connectivity index (χ1) is 21.2. The largest absolute Gasteiger partial charge is 0.489 e. The molecule has 45 heavy (non-hydrogen) atoms. The van der Waals surface area contributed by atoms with Crippen molar-refractivity contribution in [2.24, 2.45) is 0 Å². The molecule has 0 aliphatic carbocycles. The number of aromatic nitrogens is 2. The number of benzene rings is 2. The number of nitrogens with zero attached hydrogens (tertiary/aromatic N) is 5. The average Bonchev–Trinajstić information content (AvgIpc) is 2.97. The molecule has 0 radical (unpaired) electrons. The molecule has 2 aromatic carbocycles. The van der Waals surface area contributed by atoms with E-state index in [2.05, 4.69) is 32.0 Å². The van der Waals surface area contributed by atoms with Gasteiger partial charge in [-0.1, -0.05) is 6.92 Å². The Kier molecular flexibility index (Phi) is 10.7. The van der Waals surface area contributed by atoms with Crippen molar-refractivity contribution in [1.82, 2.24) is 19.8 Å². The lowest BCUT2D eigenvalue weighted by atomic mass is 10.0. The zero-order chi connectivity index (χ0) is 32.8. The predicted octanol–water partition coefficient (Wildman–Crippen LogP) is 6.49. The number of nitrogens with one attached hydrogen (secondary N) is 1. The molecule has 16 heteroatoms. The average molecular weight is 645 g/mol. The molecule has 1 aromatic heterocycles. The van der Waals surface area contributed by atoms with Crippen LogP contribution in [-0.4, -0.2) is 76.8 Å². The van der Waals surface area contributed by atoms with Crippen LogP contribution in [0.5, 0.6) is 5.75 Å². The maximum absolute atomic E-state index is 14.8. The topological polar surface area (TPSA) is 94.1 Å². The van der Waals surface area contributed by atoms with Gasteiger partial charge in [0.25, 0.3) is 0 Å². The number of amides is 1. The van der Waals surface area contributed by atoms with E-state index in [-0.39, 0.29) is 35.9 Å². The fourth-order valence-electron chi connectivity index (χ4n) is 4.76. The molecule has 0 atom stereocenters. The van der Waals surface area contributed by atoms with Crippen LogP contribution in [0.4, 0.5) is 53.0 Å². The summed E-state index contributed by atoms with van der Waals surface area (Å²) < 4.78 is 100. The van der Waals surface area contributed by atoms with Gasteiger partial charge in [0.2, 0.25) is 5.95 Å². The monoisotopic (exact) mass is 644 g/mol. The molecule has 0 bridgehead atoms. The van der Waals surface area contributed by atoms with Gasteiger partial charge in [-0.3, -0.25) is 9.80 Å². The van der Waals surface area contributed by atoms with Crippen LogP contribution in [0.2, 0.25) is 0 Å². The number of anilines is 3. The second kappa shape index (κ2) is 14.3. The molecular weight excluding hydrogens is 613 g/mol. The van der Waals surface area contributed by atoms with E-state index < -0.39 is 47.5 Å². The van der Waals surface area contributed by atoms with E-state index in [1.165, 1.54) is 12.1 Å². The van der Waals surface area contributed by atoms with Gasteiger partial charge in [0.15, 0.2) is 11.6 Å². The highest BCUT2D eigenvalue weighted by atomic mass is 19.4. The minimum absolute atomic E-state index is 0.0243. The molecule has 2 N–H and O–H groups in total. The zero-order valence-corrected chi connectivity index (χ0v) is 24.1. The van der Waals surface area contributed by atoms with Crippen LogP contribution in [0.1, 0.15) is 30.0 Å². The highest BCUT2D eigenvalue weighted by molar-refractivity contribution is 5.84. The van der Waals surface area contributed by atoms with Gasteiger partial charge >= 0.3 is 18.4 Å². The summed E-state index contributed by atoms with van der Waals surface area (Å²) in [5.74, 6) is -1.20. The number of ether oxygens (including phenoxy) is 1. The molecule has 244 valence electrons. The van der Waals surface area contributed by atoms with E-state index in [9.17, 15) is 40.6 Å². The van der Waals surface area contributed by atoms with E-state index in [0.717, 1.165) is 57.5 Å². The van der Waals surface area contributed by atoms with Crippen LogP contribution in [0.25, 0.3) is 0 Å². The standard InChI is InChI=1S/C29H31F7N6O3/c1-2-7-40-8-10-41(11-9-40)12-13-45-24-4-3-22(17-23(24)30)38-26-37-6-5-25(39-26)42(27(43)44)18-19-14-20(28(31,32)33)16-21(15-19)29(34,35)36/h3-6,14-17H,2,7-13,18H2,1H3,(H,43,44)(H,37,38,39). The van der Waals surface area contributed by atoms with Gasteiger partial charge in [-0.15, -0.1) is 0 Å². The number of piperazine rings is 1. The minimum Gasteiger partial charge on any atom is -0.489 e. The maximum atomic E-state index is 14.8. The summed E-state index contributed by atoms with van der Waals surface area (Å²) >= 11 is 0. The first-order valence-electron chi connectivity index (χ1n) is 14.0. The molecule has 1 fully saturated rings. The van der Waals surface area contributed by atoms with Crippen LogP contribution in [0.3, 0.4) is 0 Å². The summed E-state index contributed by atoms with van der Waals surface area (Å²) in [6, 6.07) is 5.93. The zero-order valence-electron chi connectivity index (χ0n) is 24.1. The molecule has 3 aromatic rings. The second-order valence-electron chi connectivity index (χ2n) is 10.3. The summed E-state index contributed by atoms with van der Waals surface area (Å²) in [6.07, 6.45) is -9.67. The van der Waals surface area contributed by atoms with Gasteiger partial charge in [0, 0.05) is 50.7 Å². The van der Waals surface area contributed by atoms with Crippen LogP contribution >= 0.6 is 0 Å². The van der Waals surface area contributed by atoms with Crippen LogP contribution < -0.4 is 15.0 Å². The van der Waals surface area contributed by atoms with Gasteiger partial charge in [-0.25, -0.2) is 14.2 Å². The Morgan fingerprint density at radius 2 is 1.58 bits per heavy atom. The normalized spacial score (nSPS) is 14.8. The van der Waals surface area contributed by atoms with Crippen molar-refractivity contribution in [3.63, 3.8) is 0 Å². The molecule has 0 unspecified atom stereocenters. The quantitative estimate of drug-likeness (QED) is 0.229. The first kappa shape index (κ1) is 33.7. The SMILES string of the molecule is CCCN1CCN(CCOc2ccc(Nc3nccc(N(Cc4cc(C(F)(F)F)cc(C(F)(F)F)c4)C(=O)O)n3)cc2F)CC1. The molecule has 0 saturated carbocycles. The van der Waals surface area contributed by atoms with E-state index in [0.29, 0.717) is 23.6 Å². The first-order valence-corrected chi connectivity index (χ1v) is 14.0. The van der Waals surface area contributed by atoms with Gasteiger partial charge in [0.05, 0.1) is 17.7 Å². The fourth-order valence-corrected chi connectivity index (χ4v) is 4.76. The molecular formula is C29H31F7N6O3. The summed E-state index contributed by atoms with van der Waals surface area (Å²) in [5.41, 5.74) is -3.55. The van der Waals surface area contributed by atoms with E-state index in [1.54, 1.807) is 0 Å². The van der Waals surface area contributed by atoms with Gasteiger partial charge < -0.3 is 20.1 Å². The fraction of sp³-hybridized carbons (Fsp3) is 0.414. The highest BCUT2D eigenvalue weighted by Gasteiger charge is 2.37. The van der Waals surface area contributed by atoms with Gasteiger partial charge in [0.1, 0.15) is 12.4 Å². The highest BCUT2D eigenvalue weighted by Crippen LogP contribution is 2.37. The molecule has 0 spiro atoms. The number of hydrogen-bond acceptors (Lipinski definition) is 7. The number of alkyl halides is 6. The number of carbonyl (C=O) groups is 1. The molecule has 1 saturated heterocycles. The molecule has 2 heterocycles. The van der Waals surface area contributed by atoms with Crippen LogP contribution in [0, 0.1) is 5.82 Å². The van der Waals surface area contributed by atoms with Crippen LogP contribution in [-0.2, 0) is 18.9 Å². The van der Waals surface area contributed by atoms with Crippen molar-refractivity contribution in [3.8, 4) is 5.75 Å². The third-order valence-electron chi connectivity index (χ3n) is 6.99. The lowest BCUT2D eigenvalue weighted by Crippen LogP contribution is -2.47. The molecule has 9 nitrogen and oxygen atoms in total. The summed E-state index contributed by atoms with van der Waals surface area (Å²) in [4.78, 5) is 25.0. The summed E-state index contributed by atoms with van der Waals surface area (Å²) in [5, 5.41) is 12.4. The van der Waals surface area contributed by atoms with Crippen molar-refractivity contribution in [3.05, 3.63) is 71.2 Å². The summed E-state index contributed by atoms with van der Waals surface area (Å²) in [7, 11) is 0. The van der Waals surface area contributed by atoms with Crippen molar-refractivity contribution < 1.29 is 45.4 Å². The number of hydrogen-bond donors (Lipinski definition) is 2. The van der Waals surface area contributed by atoms with Crippen molar-refractivity contribution in [2.45, 2.75) is 32.2 Å². The molecule has 1 amide bonds. The Morgan fingerprint density at radius 1 is 0.956 bits per heavy atom. The Balaban J connectivity index is 1.42. The molecule has 1 aliphatic heterocycles. The van der Waals surface area contributed by atoms with Crippen molar-refractivity contribution in [1.29, 1.82) is 0 Å². The minimum atomic E-state index is -5.10. The number of carboxylic acid groups (broad SMARTS) is 1. The van der Waals surface area contributed by atoms with Crippen LogP contribution in [0.15, 0.2) is 48.7 Å². The predicted molar refractivity (Wildman–Crippen MR) is 151 cm³/mol. The van der Waals surface area contributed by atoms with E-state index in [1.807, 2.05) is 0 Å². The number of halogens is 7. The summed E-state index contributed by atoms with van der Waals surface area (Å²) in [6.45, 7) is 7.00. The maximum Gasteiger partial charge on any atom is 0.416 e. The lowest BCUT2D eigenvalue weighted by molar-refractivity contribution is -0.143. The number of rotatable bonds is 11.